The first-order valence-electron chi connectivity index (χ1n) is 9.64. The Labute approximate surface area is 177 Å². The lowest BCUT2D eigenvalue weighted by atomic mass is 10.1. The average Bonchev–Trinajstić information content (AvgIpc) is 3.42. The van der Waals surface area contributed by atoms with Gasteiger partial charge in [0.25, 0.3) is 5.88 Å². The summed E-state index contributed by atoms with van der Waals surface area (Å²) in [6.07, 6.45) is 4.09. The van der Waals surface area contributed by atoms with Gasteiger partial charge < -0.3 is 15.0 Å². The van der Waals surface area contributed by atoms with Crippen molar-refractivity contribution >= 4 is 38.2 Å². The van der Waals surface area contributed by atoms with Crippen molar-refractivity contribution in [1.82, 2.24) is 15.0 Å². The molecule has 30 heavy (non-hydrogen) atoms. The number of nitrogens with one attached hydrogen (secondary N) is 1. The van der Waals surface area contributed by atoms with Crippen LogP contribution in [0.15, 0.2) is 60.9 Å². The normalized spacial score (nSPS) is 15.8. The number of ether oxygens (including phenoxy) is 1. The third-order valence-corrected chi connectivity index (χ3v) is 5.88. The molecule has 8 heteroatoms. The summed E-state index contributed by atoms with van der Waals surface area (Å²) in [5.74, 6) is 1.81. The van der Waals surface area contributed by atoms with Crippen LogP contribution in [0.3, 0.4) is 0 Å². The molecule has 0 aliphatic carbocycles. The molecule has 0 spiro atoms. The maximum absolute atomic E-state index is 9.15. The van der Waals surface area contributed by atoms with Crippen molar-refractivity contribution in [2.45, 2.75) is 6.42 Å². The van der Waals surface area contributed by atoms with Gasteiger partial charge in [-0.2, -0.15) is 5.26 Å². The maximum Gasteiger partial charge on any atom is 0.263 e. The molecule has 0 bridgehead atoms. The van der Waals surface area contributed by atoms with Crippen molar-refractivity contribution in [3.05, 3.63) is 60.9 Å². The van der Waals surface area contributed by atoms with Crippen molar-refractivity contribution in [2.24, 2.45) is 5.92 Å². The molecule has 1 aliphatic heterocycles. The summed E-state index contributed by atoms with van der Waals surface area (Å²) in [5, 5.41) is 13.3. The van der Waals surface area contributed by atoms with Crippen LogP contribution in [-0.4, -0.2) is 28.0 Å². The van der Waals surface area contributed by atoms with Crippen molar-refractivity contribution in [1.29, 1.82) is 5.26 Å². The zero-order valence-electron chi connectivity index (χ0n) is 16.0. The number of rotatable bonds is 5. The molecule has 148 valence electrons. The first-order chi connectivity index (χ1) is 14.8. The Bertz CT molecular complexity index is 1180. The molecule has 1 aliphatic rings. The van der Waals surface area contributed by atoms with Crippen LogP contribution in [0.4, 0.5) is 16.6 Å². The van der Waals surface area contributed by atoms with Gasteiger partial charge in [-0.1, -0.05) is 23.5 Å². The van der Waals surface area contributed by atoms with Gasteiger partial charge in [-0.25, -0.2) is 15.0 Å². The zero-order chi connectivity index (χ0) is 20.3. The minimum atomic E-state index is 0.0210. The number of hydrogen-bond acceptors (Lipinski definition) is 8. The van der Waals surface area contributed by atoms with E-state index in [2.05, 4.69) is 37.3 Å². The van der Waals surface area contributed by atoms with Gasteiger partial charge in [0.2, 0.25) is 0 Å². The van der Waals surface area contributed by atoms with E-state index >= 15 is 0 Å². The molecular formula is C22H18N6OS. The van der Waals surface area contributed by atoms with Gasteiger partial charge in [0.05, 0.1) is 22.2 Å². The van der Waals surface area contributed by atoms with Crippen LogP contribution in [0.2, 0.25) is 0 Å². The SMILES string of the molecule is N#CC1CCN(c2nccnc2Oc2ccc(Nc3nc4ccccc4s3)cc2)C1. The quantitative estimate of drug-likeness (QED) is 0.493. The Morgan fingerprint density at radius 3 is 2.73 bits per heavy atom. The molecular weight excluding hydrogens is 396 g/mol. The van der Waals surface area contributed by atoms with Crippen LogP contribution in [-0.2, 0) is 0 Å². The molecule has 3 heterocycles. The highest BCUT2D eigenvalue weighted by Crippen LogP contribution is 2.33. The molecule has 1 unspecified atom stereocenters. The summed E-state index contributed by atoms with van der Waals surface area (Å²) >= 11 is 1.62. The Morgan fingerprint density at radius 1 is 1.10 bits per heavy atom. The molecule has 7 nitrogen and oxygen atoms in total. The van der Waals surface area contributed by atoms with Crippen LogP contribution >= 0.6 is 11.3 Å². The van der Waals surface area contributed by atoms with Gasteiger partial charge in [-0.15, -0.1) is 0 Å². The van der Waals surface area contributed by atoms with E-state index in [1.165, 1.54) is 0 Å². The Morgan fingerprint density at radius 2 is 1.93 bits per heavy atom. The third kappa shape index (κ3) is 3.75. The van der Waals surface area contributed by atoms with Crippen LogP contribution in [0.25, 0.3) is 10.2 Å². The molecule has 0 radical (unpaired) electrons. The highest BCUT2D eigenvalue weighted by molar-refractivity contribution is 7.22. The Hall–Kier alpha value is -3.70. The van der Waals surface area contributed by atoms with Gasteiger partial charge in [0.15, 0.2) is 10.9 Å². The predicted octanol–water partition coefficient (Wildman–Crippen LogP) is 4.97. The van der Waals surface area contributed by atoms with Crippen molar-refractivity contribution in [2.75, 3.05) is 23.3 Å². The highest BCUT2D eigenvalue weighted by Gasteiger charge is 2.26. The molecule has 0 saturated carbocycles. The van der Waals surface area contributed by atoms with E-state index in [9.17, 15) is 0 Å². The number of nitrogens with zero attached hydrogens (tertiary/aromatic N) is 5. The molecule has 1 N–H and O–H groups in total. The van der Waals surface area contributed by atoms with Gasteiger partial charge in [0.1, 0.15) is 5.75 Å². The number of anilines is 3. The summed E-state index contributed by atoms with van der Waals surface area (Å²) < 4.78 is 7.15. The summed E-state index contributed by atoms with van der Waals surface area (Å²) in [5.41, 5.74) is 1.91. The minimum Gasteiger partial charge on any atom is -0.436 e. The number of benzene rings is 2. The number of para-hydroxylation sites is 1. The molecule has 1 fully saturated rings. The second-order valence-corrected chi connectivity index (χ2v) is 8.01. The molecule has 1 atom stereocenters. The molecule has 5 rings (SSSR count). The zero-order valence-corrected chi connectivity index (χ0v) is 16.8. The standard InChI is InChI=1S/C22H18N6OS/c23-13-15-9-12-28(14-15)20-21(25-11-10-24-20)29-17-7-5-16(6-8-17)26-22-27-18-3-1-2-4-19(18)30-22/h1-8,10-11,15H,9,12,14H2,(H,26,27). The molecule has 0 amide bonds. The Balaban J connectivity index is 1.30. The maximum atomic E-state index is 9.15. The fraction of sp³-hybridized carbons (Fsp3) is 0.182. The fourth-order valence-electron chi connectivity index (χ4n) is 3.43. The van der Waals surface area contributed by atoms with E-state index in [1.54, 1.807) is 23.7 Å². The van der Waals surface area contributed by atoms with E-state index < -0.39 is 0 Å². The van der Waals surface area contributed by atoms with Gasteiger partial charge in [-0.05, 0) is 42.8 Å². The molecule has 1 saturated heterocycles. The highest BCUT2D eigenvalue weighted by atomic mass is 32.1. The third-order valence-electron chi connectivity index (χ3n) is 4.93. The Kier molecular flexibility index (Phi) is 4.87. The van der Waals surface area contributed by atoms with E-state index in [0.29, 0.717) is 24.0 Å². The molecule has 2 aromatic carbocycles. The molecule has 2 aromatic heterocycles. The van der Waals surface area contributed by atoms with Crippen molar-refractivity contribution < 1.29 is 4.74 Å². The van der Waals surface area contributed by atoms with Crippen LogP contribution < -0.4 is 15.0 Å². The number of nitriles is 1. The van der Waals surface area contributed by atoms with E-state index in [0.717, 1.165) is 34.0 Å². The fourth-order valence-corrected chi connectivity index (χ4v) is 4.32. The lowest BCUT2D eigenvalue weighted by molar-refractivity contribution is 0.460. The smallest absolute Gasteiger partial charge is 0.263 e. The number of aromatic nitrogens is 3. The summed E-state index contributed by atoms with van der Waals surface area (Å²) in [6.45, 7) is 1.43. The molecule has 4 aromatic rings. The lowest BCUT2D eigenvalue weighted by Gasteiger charge is -2.18. The van der Waals surface area contributed by atoms with Crippen LogP contribution in [0.5, 0.6) is 11.6 Å². The van der Waals surface area contributed by atoms with Crippen molar-refractivity contribution in [3.63, 3.8) is 0 Å². The summed E-state index contributed by atoms with van der Waals surface area (Å²) in [6, 6.07) is 18.1. The van der Waals surface area contributed by atoms with Crippen molar-refractivity contribution in [3.8, 4) is 17.7 Å². The topological polar surface area (TPSA) is 87.0 Å². The van der Waals surface area contributed by atoms with Gasteiger partial charge >= 0.3 is 0 Å². The summed E-state index contributed by atoms with van der Waals surface area (Å²) in [4.78, 5) is 15.4. The second kappa shape index (κ2) is 7.97. The summed E-state index contributed by atoms with van der Waals surface area (Å²) in [7, 11) is 0. The van der Waals surface area contributed by atoms with E-state index in [4.69, 9.17) is 10.00 Å². The van der Waals surface area contributed by atoms with E-state index in [1.807, 2.05) is 42.5 Å². The van der Waals surface area contributed by atoms with Gasteiger partial charge in [0, 0.05) is 31.2 Å². The van der Waals surface area contributed by atoms with Gasteiger partial charge in [-0.3, -0.25) is 0 Å². The average molecular weight is 414 g/mol. The predicted molar refractivity (Wildman–Crippen MR) is 117 cm³/mol. The lowest BCUT2D eigenvalue weighted by Crippen LogP contribution is -2.21. The minimum absolute atomic E-state index is 0.0210. The van der Waals surface area contributed by atoms with Crippen LogP contribution in [0.1, 0.15) is 6.42 Å². The van der Waals surface area contributed by atoms with Crippen LogP contribution in [0, 0.1) is 17.2 Å². The first-order valence-corrected chi connectivity index (χ1v) is 10.5. The number of fused-ring (bicyclic) bond motifs is 1. The largest absolute Gasteiger partial charge is 0.436 e. The number of thiazole rings is 1. The first kappa shape index (κ1) is 18.3. The number of hydrogen-bond donors (Lipinski definition) is 1. The second-order valence-electron chi connectivity index (χ2n) is 6.98. The van der Waals surface area contributed by atoms with E-state index in [-0.39, 0.29) is 5.92 Å². The monoisotopic (exact) mass is 414 g/mol.